The number of carbonyl (C=O) groups is 1. The van der Waals surface area contributed by atoms with Crippen molar-refractivity contribution in [1.29, 1.82) is 0 Å². The van der Waals surface area contributed by atoms with Crippen LogP contribution < -0.4 is 5.73 Å². The predicted octanol–water partition coefficient (Wildman–Crippen LogP) is 0.285. The molecule has 1 amide bonds. The third kappa shape index (κ3) is 2.22. The molecule has 1 aromatic heterocycles. The number of tetrazole rings is 1. The van der Waals surface area contributed by atoms with Crippen LogP contribution in [-0.2, 0) is 11.2 Å². The smallest absolute Gasteiger partial charge is 0.217 e. The zero-order chi connectivity index (χ0) is 11.4. The summed E-state index contributed by atoms with van der Waals surface area (Å²) in [5, 5.41) is 13.7. The van der Waals surface area contributed by atoms with Gasteiger partial charge in [-0.05, 0) is 17.2 Å². The second-order valence-electron chi connectivity index (χ2n) is 3.36. The number of aromatic nitrogens is 4. The Morgan fingerprint density at radius 2 is 2.19 bits per heavy atom. The van der Waals surface area contributed by atoms with Crippen LogP contribution in [0.3, 0.4) is 0 Å². The Bertz CT molecular complexity index is 480. The number of nitrogens with zero attached hydrogens (tertiary/aromatic N) is 3. The van der Waals surface area contributed by atoms with E-state index in [1.54, 1.807) is 0 Å². The molecule has 0 unspecified atom stereocenters. The fourth-order valence-corrected chi connectivity index (χ4v) is 1.49. The molecule has 82 valence electrons. The van der Waals surface area contributed by atoms with Crippen LogP contribution in [0.25, 0.3) is 11.4 Å². The lowest BCUT2D eigenvalue weighted by Crippen LogP contribution is -2.11. The zero-order valence-electron chi connectivity index (χ0n) is 8.55. The third-order valence-electron chi connectivity index (χ3n) is 2.24. The maximum Gasteiger partial charge on any atom is 0.217 e. The SMILES string of the molecule is NC(=O)CCc1ccccc1-c1nn[nH]n1. The number of primary amides is 1. The van der Waals surface area contributed by atoms with E-state index in [4.69, 9.17) is 5.73 Å². The Balaban J connectivity index is 2.27. The second-order valence-corrected chi connectivity index (χ2v) is 3.36. The molecule has 3 N–H and O–H groups in total. The monoisotopic (exact) mass is 217 g/mol. The molecular formula is C10H11N5O. The van der Waals surface area contributed by atoms with Crippen molar-refractivity contribution >= 4 is 5.91 Å². The van der Waals surface area contributed by atoms with Gasteiger partial charge in [-0.1, -0.05) is 24.3 Å². The van der Waals surface area contributed by atoms with Crippen molar-refractivity contribution in [2.45, 2.75) is 12.8 Å². The van der Waals surface area contributed by atoms with E-state index < -0.39 is 0 Å². The largest absolute Gasteiger partial charge is 0.370 e. The number of benzene rings is 1. The average molecular weight is 217 g/mol. The van der Waals surface area contributed by atoms with Crippen LogP contribution >= 0.6 is 0 Å². The van der Waals surface area contributed by atoms with Gasteiger partial charge in [0.15, 0.2) is 0 Å². The molecule has 2 aromatic rings. The Morgan fingerprint density at radius 3 is 2.88 bits per heavy atom. The van der Waals surface area contributed by atoms with Crippen LogP contribution in [0, 0.1) is 0 Å². The van der Waals surface area contributed by atoms with Gasteiger partial charge in [0.1, 0.15) is 0 Å². The molecule has 0 radical (unpaired) electrons. The highest BCUT2D eigenvalue weighted by Crippen LogP contribution is 2.19. The first-order chi connectivity index (χ1) is 7.77. The molecule has 0 aliphatic carbocycles. The van der Waals surface area contributed by atoms with E-state index in [0.717, 1.165) is 11.1 Å². The summed E-state index contributed by atoms with van der Waals surface area (Å²) in [5.41, 5.74) is 6.98. The van der Waals surface area contributed by atoms with Crippen LogP contribution in [-0.4, -0.2) is 26.5 Å². The highest BCUT2D eigenvalue weighted by atomic mass is 16.1. The van der Waals surface area contributed by atoms with Gasteiger partial charge in [-0.25, -0.2) is 0 Å². The van der Waals surface area contributed by atoms with E-state index in [9.17, 15) is 4.79 Å². The minimum absolute atomic E-state index is 0.314. The van der Waals surface area contributed by atoms with Gasteiger partial charge in [-0.3, -0.25) is 4.79 Å². The van der Waals surface area contributed by atoms with Crippen LogP contribution in [0.1, 0.15) is 12.0 Å². The topological polar surface area (TPSA) is 97.5 Å². The molecule has 0 atom stereocenters. The van der Waals surface area contributed by atoms with Gasteiger partial charge in [-0.15, -0.1) is 10.2 Å². The maximum absolute atomic E-state index is 10.7. The number of aromatic amines is 1. The van der Waals surface area contributed by atoms with Crippen LogP contribution in [0.4, 0.5) is 0 Å². The summed E-state index contributed by atoms with van der Waals surface area (Å²) in [5.74, 6) is 0.211. The number of nitrogens with two attached hydrogens (primary N) is 1. The van der Waals surface area contributed by atoms with Crippen molar-refractivity contribution in [1.82, 2.24) is 20.6 Å². The minimum atomic E-state index is -0.317. The van der Waals surface area contributed by atoms with Gasteiger partial charge >= 0.3 is 0 Å². The highest BCUT2D eigenvalue weighted by Gasteiger charge is 2.08. The lowest BCUT2D eigenvalue weighted by atomic mass is 10.0. The molecule has 16 heavy (non-hydrogen) atoms. The van der Waals surface area contributed by atoms with Crippen molar-refractivity contribution in [3.05, 3.63) is 29.8 Å². The Kier molecular flexibility index (Phi) is 2.90. The zero-order valence-corrected chi connectivity index (χ0v) is 8.55. The molecule has 0 fully saturated rings. The molecule has 0 saturated heterocycles. The molecular weight excluding hydrogens is 206 g/mol. The number of aryl methyl sites for hydroxylation is 1. The maximum atomic E-state index is 10.7. The second kappa shape index (κ2) is 4.52. The van der Waals surface area contributed by atoms with Gasteiger partial charge in [-0.2, -0.15) is 5.21 Å². The van der Waals surface area contributed by atoms with E-state index >= 15 is 0 Å². The number of hydrogen-bond acceptors (Lipinski definition) is 4. The molecule has 6 heteroatoms. The lowest BCUT2D eigenvalue weighted by molar-refractivity contribution is -0.117. The molecule has 1 aromatic carbocycles. The van der Waals surface area contributed by atoms with Gasteiger partial charge in [0.25, 0.3) is 0 Å². The first kappa shape index (κ1) is 10.3. The van der Waals surface area contributed by atoms with Crippen LogP contribution in [0.2, 0.25) is 0 Å². The normalized spacial score (nSPS) is 10.2. The summed E-state index contributed by atoms with van der Waals surface area (Å²) in [6, 6.07) is 7.61. The molecule has 0 bridgehead atoms. The van der Waals surface area contributed by atoms with E-state index in [2.05, 4.69) is 20.6 Å². The van der Waals surface area contributed by atoms with E-state index in [-0.39, 0.29) is 5.91 Å². The Hall–Kier alpha value is -2.24. The quantitative estimate of drug-likeness (QED) is 0.768. The Morgan fingerprint density at radius 1 is 1.38 bits per heavy atom. The van der Waals surface area contributed by atoms with Crippen molar-refractivity contribution < 1.29 is 4.79 Å². The molecule has 0 aliphatic rings. The molecule has 0 spiro atoms. The first-order valence-corrected chi connectivity index (χ1v) is 4.87. The standard InChI is InChI=1S/C10H11N5O/c11-9(16)6-5-7-3-1-2-4-8(7)10-12-14-15-13-10/h1-4H,5-6H2,(H2,11,16)(H,12,13,14,15). The summed E-state index contributed by atoms with van der Waals surface area (Å²) in [6.07, 6.45) is 0.898. The number of nitrogens with one attached hydrogen (secondary N) is 1. The number of hydrogen-bond donors (Lipinski definition) is 2. The van der Waals surface area contributed by atoms with Crippen LogP contribution in [0.15, 0.2) is 24.3 Å². The molecule has 2 rings (SSSR count). The summed E-state index contributed by atoms with van der Waals surface area (Å²) in [6.45, 7) is 0. The van der Waals surface area contributed by atoms with Gasteiger partial charge < -0.3 is 5.73 Å². The van der Waals surface area contributed by atoms with Crippen molar-refractivity contribution in [3.8, 4) is 11.4 Å². The van der Waals surface area contributed by atoms with Crippen LogP contribution in [0.5, 0.6) is 0 Å². The van der Waals surface area contributed by atoms with Crippen molar-refractivity contribution in [2.24, 2.45) is 5.73 Å². The lowest BCUT2D eigenvalue weighted by Gasteiger charge is -2.04. The molecule has 0 saturated carbocycles. The number of carbonyl (C=O) groups excluding carboxylic acids is 1. The average Bonchev–Trinajstić information content (AvgIpc) is 2.80. The highest BCUT2D eigenvalue weighted by molar-refractivity contribution is 5.74. The number of rotatable bonds is 4. The van der Waals surface area contributed by atoms with E-state index in [1.165, 1.54) is 0 Å². The molecule has 6 nitrogen and oxygen atoms in total. The number of H-pyrrole nitrogens is 1. The van der Waals surface area contributed by atoms with Gasteiger partial charge in [0, 0.05) is 12.0 Å². The van der Waals surface area contributed by atoms with Gasteiger partial charge in [0.05, 0.1) is 0 Å². The third-order valence-corrected chi connectivity index (χ3v) is 2.24. The molecule has 1 heterocycles. The van der Waals surface area contributed by atoms with E-state index in [0.29, 0.717) is 18.7 Å². The Labute approximate surface area is 91.9 Å². The van der Waals surface area contributed by atoms with E-state index in [1.807, 2.05) is 24.3 Å². The van der Waals surface area contributed by atoms with Crippen molar-refractivity contribution in [2.75, 3.05) is 0 Å². The number of amides is 1. The summed E-state index contributed by atoms with van der Waals surface area (Å²) >= 11 is 0. The first-order valence-electron chi connectivity index (χ1n) is 4.87. The minimum Gasteiger partial charge on any atom is -0.370 e. The van der Waals surface area contributed by atoms with Crippen molar-refractivity contribution in [3.63, 3.8) is 0 Å². The van der Waals surface area contributed by atoms with Gasteiger partial charge in [0.2, 0.25) is 11.7 Å². The summed E-state index contributed by atoms with van der Waals surface area (Å²) in [7, 11) is 0. The fourth-order valence-electron chi connectivity index (χ4n) is 1.49. The summed E-state index contributed by atoms with van der Waals surface area (Å²) in [4.78, 5) is 10.7. The molecule has 0 aliphatic heterocycles. The fraction of sp³-hybridized carbons (Fsp3) is 0.200. The summed E-state index contributed by atoms with van der Waals surface area (Å²) < 4.78 is 0. The predicted molar refractivity (Wildman–Crippen MR) is 57.1 cm³/mol.